The quantitative estimate of drug-likeness (QED) is 0.0622. The highest BCUT2D eigenvalue weighted by Gasteiger charge is 2.28. The number of nitriles is 1. The van der Waals surface area contributed by atoms with Gasteiger partial charge in [-0.3, -0.25) is 9.89 Å². The number of benzene rings is 2. The second kappa shape index (κ2) is 15.7. The van der Waals surface area contributed by atoms with Crippen molar-refractivity contribution in [3.8, 4) is 6.19 Å². The summed E-state index contributed by atoms with van der Waals surface area (Å²) in [5.74, 6) is -2.19. The summed E-state index contributed by atoms with van der Waals surface area (Å²) in [5.41, 5.74) is 2.13. The topological polar surface area (TPSA) is 207 Å². The minimum atomic E-state index is -1.45. The fraction of sp³-hybridized carbons (Fsp3) is 0.370. The number of carbonyl (C=O) groups is 2. The molecular weight excluding hydrogens is 653 g/mol. The number of aliphatic hydroxyl groups is 1. The van der Waals surface area contributed by atoms with E-state index >= 15 is 0 Å². The summed E-state index contributed by atoms with van der Waals surface area (Å²) < 4.78 is 19.8. The van der Waals surface area contributed by atoms with E-state index in [4.69, 9.17) is 28.5 Å². The first-order valence-electron chi connectivity index (χ1n) is 13.3. The van der Waals surface area contributed by atoms with Crippen molar-refractivity contribution in [1.29, 1.82) is 5.26 Å². The first kappa shape index (κ1) is 33.7. The number of aromatic nitrogens is 2. The normalized spacial score (nSPS) is 17.2. The Kier molecular flexibility index (Phi) is 12.0. The van der Waals surface area contributed by atoms with Crippen LogP contribution in [0.3, 0.4) is 0 Å². The van der Waals surface area contributed by atoms with Crippen LogP contribution < -0.4 is 10.6 Å². The number of nitrogens with zero attached hydrogens (tertiary/aromatic N) is 4. The second-order valence-corrected chi connectivity index (χ2v) is 12.3. The summed E-state index contributed by atoms with van der Waals surface area (Å²) in [6.07, 6.45) is 3.60. The van der Waals surface area contributed by atoms with E-state index in [0.717, 1.165) is 16.5 Å². The number of aliphatic imine (C=N–C) groups is 1. The van der Waals surface area contributed by atoms with E-state index in [-0.39, 0.29) is 51.6 Å². The summed E-state index contributed by atoms with van der Waals surface area (Å²) in [6.45, 7) is 0.327. The number of rotatable bonds is 12. The molecule has 0 bridgehead atoms. The van der Waals surface area contributed by atoms with Crippen LogP contribution in [0.4, 0.5) is 0 Å². The van der Waals surface area contributed by atoms with Gasteiger partial charge in [0.25, 0.3) is 5.91 Å². The molecule has 0 aliphatic carbocycles. The van der Waals surface area contributed by atoms with Gasteiger partial charge in [0.1, 0.15) is 6.04 Å². The third kappa shape index (κ3) is 8.27. The lowest BCUT2D eigenvalue weighted by Crippen LogP contribution is -2.51. The predicted octanol–water partition coefficient (Wildman–Crippen LogP) is 4.17. The van der Waals surface area contributed by atoms with Gasteiger partial charge in [-0.25, -0.2) is 4.79 Å². The SMILES string of the molecule is N#C/N=C(\NC[C@H](NC(=O)c1c(Cl)cc(C(CSO)CC(SO)c2ccc3cn[nH]c3c2)cc1Cl)C(=O)O)N1CC[C@H](O)C1. The Balaban J connectivity index is 1.49. The monoisotopic (exact) mass is 681 g/mol. The Bertz CT molecular complexity index is 1550. The molecule has 7 N–H and O–H groups in total. The molecule has 17 heteroatoms. The molecule has 0 saturated carbocycles. The molecule has 2 aromatic carbocycles. The van der Waals surface area contributed by atoms with Crippen molar-refractivity contribution in [2.75, 3.05) is 25.4 Å². The number of halogens is 2. The van der Waals surface area contributed by atoms with Crippen molar-refractivity contribution in [2.45, 2.75) is 36.2 Å². The molecule has 3 aromatic rings. The van der Waals surface area contributed by atoms with E-state index in [9.17, 15) is 28.9 Å². The Morgan fingerprint density at radius 2 is 1.98 bits per heavy atom. The second-order valence-electron chi connectivity index (χ2n) is 10.1. The van der Waals surface area contributed by atoms with Crippen LogP contribution in [0.2, 0.25) is 10.0 Å². The van der Waals surface area contributed by atoms with Gasteiger partial charge in [-0.05, 0) is 72.2 Å². The maximum atomic E-state index is 13.2. The van der Waals surface area contributed by atoms with Crippen LogP contribution in [0.25, 0.3) is 10.9 Å². The van der Waals surface area contributed by atoms with Gasteiger partial charge < -0.3 is 34.9 Å². The number of aliphatic carboxylic acids is 1. The average Bonchev–Trinajstić information content (AvgIpc) is 3.64. The van der Waals surface area contributed by atoms with Crippen LogP contribution in [0.15, 0.2) is 41.5 Å². The van der Waals surface area contributed by atoms with Gasteiger partial charge in [-0.15, -0.1) is 4.99 Å². The summed E-state index contributed by atoms with van der Waals surface area (Å²) in [4.78, 5) is 30.4. The highest BCUT2D eigenvalue weighted by molar-refractivity contribution is 7.94. The number of β-amino-alcohol motifs (C(OH)–C–C–N with tert-alkyl or cyclic N) is 1. The van der Waals surface area contributed by atoms with Crippen LogP contribution in [0.1, 0.15) is 45.5 Å². The van der Waals surface area contributed by atoms with Gasteiger partial charge >= 0.3 is 5.97 Å². The van der Waals surface area contributed by atoms with E-state index in [1.807, 2.05) is 18.2 Å². The third-order valence-electron chi connectivity index (χ3n) is 7.19. The fourth-order valence-corrected chi connectivity index (χ4v) is 6.69. The minimum Gasteiger partial charge on any atom is -0.480 e. The summed E-state index contributed by atoms with van der Waals surface area (Å²) >= 11 is 14.3. The number of guanidine groups is 1. The number of likely N-dealkylation sites (tertiary alicyclic amines) is 1. The van der Waals surface area contributed by atoms with Crippen LogP contribution in [0, 0.1) is 11.5 Å². The summed E-state index contributed by atoms with van der Waals surface area (Å²) in [6, 6.07) is 7.29. The van der Waals surface area contributed by atoms with E-state index < -0.39 is 24.0 Å². The number of carboxylic acid groups (broad SMARTS) is 1. The standard InChI is InChI=1S/C27H29Cl2N7O6S2/c28-19-5-16(17(12-43-41)8-23(44-42)14-1-2-15-9-33-35-21(15)7-14)6-20(29)24(19)25(38)34-22(26(39)40)10-31-27(32-13-30)36-4-3-18(37)11-36/h1-2,5-7,9,17-18,22-23,37,41-42H,3-4,8,10-12H2,(H,31,32)(H,33,35)(H,34,38)(H,39,40)/t17?,18-,22-,23?/m0/s1. The molecule has 4 atom stereocenters. The molecule has 44 heavy (non-hydrogen) atoms. The predicted molar refractivity (Wildman–Crippen MR) is 170 cm³/mol. The fourth-order valence-electron chi connectivity index (χ4n) is 4.92. The van der Waals surface area contributed by atoms with Crippen LogP contribution in [0.5, 0.6) is 0 Å². The maximum absolute atomic E-state index is 13.2. The van der Waals surface area contributed by atoms with E-state index in [2.05, 4.69) is 25.8 Å². The Morgan fingerprint density at radius 3 is 2.59 bits per heavy atom. The number of aromatic amines is 1. The number of aliphatic hydroxyl groups excluding tert-OH is 1. The number of nitrogens with one attached hydrogen (secondary N) is 3. The number of H-pyrrole nitrogens is 1. The molecule has 234 valence electrons. The molecule has 0 spiro atoms. The number of carbonyl (C=O) groups excluding carboxylic acids is 1. The van der Waals surface area contributed by atoms with E-state index in [1.165, 1.54) is 12.1 Å². The highest BCUT2D eigenvalue weighted by Crippen LogP contribution is 2.40. The van der Waals surface area contributed by atoms with Crippen molar-refractivity contribution in [3.05, 3.63) is 63.3 Å². The third-order valence-corrected chi connectivity index (χ3v) is 9.06. The lowest BCUT2D eigenvalue weighted by molar-refractivity contribution is -0.139. The zero-order valence-electron chi connectivity index (χ0n) is 23.0. The van der Waals surface area contributed by atoms with Gasteiger partial charge in [-0.1, -0.05) is 35.3 Å². The van der Waals surface area contributed by atoms with Crippen LogP contribution in [-0.4, -0.2) is 89.8 Å². The molecule has 1 aliphatic heterocycles. The van der Waals surface area contributed by atoms with Crippen molar-refractivity contribution in [1.82, 2.24) is 25.7 Å². The van der Waals surface area contributed by atoms with Crippen molar-refractivity contribution >= 4 is 76.0 Å². The van der Waals surface area contributed by atoms with Crippen molar-refractivity contribution in [3.63, 3.8) is 0 Å². The molecule has 1 fully saturated rings. The Hall–Kier alpha value is -3.23. The number of hydrogen-bond acceptors (Lipinski definition) is 10. The molecule has 1 aliphatic rings. The minimum absolute atomic E-state index is 0.0279. The molecule has 1 saturated heterocycles. The van der Waals surface area contributed by atoms with Gasteiger partial charge in [0.15, 0.2) is 0 Å². The molecular formula is C27H29Cl2N7O6S2. The number of fused-ring (bicyclic) bond motifs is 1. The number of amides is 1. The Labute approximate surface area is 271 Å². The van der Waals surface area contributed by atoms with Gasteiger partial charge in [0, 0.05) is 30.8 Å². The van der Waals surface area contributed by atoms with Crippen molar-refractivity contribution in [2.24, 2.45) is 4.99 Å². The average molecular weight is 683 g/mol. The molecule has 1 amide bonds. The van der Waals surface area contributed by atoms with Gasteiger partial charge in [0.2, 0.25) is 12.2 Å². The maximum Gasteiger partial charge on any atom is 0.328 e. The van der Waals surface area contributed by atoms with E-state index in [1.54, 1.807) is 17.3 Å². The lowest BCUT2D eigenvalue weighted by Gasteiger charge is -2.24. The highest BCUT2D eigenvalue weighted by atomic mass is 35.5. The van der Waals surface area contributed by atoms with Crippen LogP contribution in [-0.2, 0) is 4.79 Å². The summed E-state index contributed by atoms with van der Waals surface area (Å²) in [5, 5.41) is 41.1. The van der Waals surface area contributed by atoms with Gasteiger partial charge in [0.05, 0.1) is 38.7 Å². The zero-order valence-corrected chi connectivity index (χ0v) is 26.1. The molecule has 0 radical (unpaired) electrons. The molecule has 2 unspecified atom stereocenters. The van der Waals surface area contributed by atoms with Gasteiger partial charge in [-0.2, -0.15) is 10.4 Å². The zero-order chi connectivity index (χ0) is 31.8. The smallest absolute Gasteiger partial charge is 0.328 e. The van der Waals surface area contributed by atoms with E-state index in [0.29, 0.717) is 49.0 Å². The first-order chi connectivity index (χ1) is 21.1. The van der Waals surface area contributed by atoms with Crippen molar-refractivity contribution < 1.29 is 28.9 Å². The summed E-state index contributed by atoms with van der Waals surface area (Å²) in [7, 11) is 0. The first-order valence-corrected chi connectivity index (χ1v) is 15.8. The van der Waals surface area contributed by atoms with Crippen LogP contribution >= 0.6 is 47.3 Å². The number of carboxylic acids is 1. The molecule has 1 aromatic heterocycles. The number of hydrogen-bond donors (Lipinski definition) is 7. The molecule has 13 nitrogen and oxygen atoms in total. The lowest BCUT2D eigenvalue weighted by atomic mass is 9.92. The largest absolute Gasteiger partial charge is 0.480 e. The molecule has 4 rings (SSSR count). The molecule has 2 heterocycles. The Morgan fingerprint density at radius 1 is 1.23 bits per heavy atom.